The lowest BCUT2D eigenvalue weighted by Gasteiger charge is -2.12. The second kappa shape index (κ2) is 6.78. The molecule has 0 saturated carbocycles. The summed E-state index contributed by atoms with van der Waals surface area (Å²) in [6, 6.07) is 6.32. The predicted octanol–water partition coefficient (Wildman–Crippen LogP) is 0.784. The van der Waals surface area contributed by atoms with Gasteiger partial charge in [0.15, 0.2) is 0 Å². The average Bonchev–Trinajstić information content (AvgIpc) is 2.31. The zero-order valence-electron chi connectivity index (χ0n) is 11.0. The third-order valence-corrected chi connectivity index (χ3v) is 3.93. The molecule has 0 amide bonds. The van der Waals surface area contributed by atoms with E-state index in [1.165, 1.54) is 26.2 Å². The van der Waals surface area contributed by atoms with Gasteiger partial charge in [-0.15, -0.1) is 0 Å². The van der Waals surface area contributed by atoms with Crippen LogP contribution in [0.15, 0.2) is 29.2 Å². The van der Waals surface area contributed by atoms with Crippen LogP contribution < -0.4 is 5.46 Å². The van der Waals surface area contributed by atoms with Crippen LogP contribution in [-0.2, 0) is 10.0 Å². The first-order valence-corrected chi connectivity index (χ1v) is 7.00. The minimum absolute atomic E-state index is 0.200. The lowest BCUT2D eigenvalue weighted by molar-refractivity contribution is 0.521. The summed E-state index contributed by atoms with van der Waals surface area (Å²) < 4.78 is 24.6. The second-order valence-electron chi connectivity index (χ2n) is 3.54. The van der Waals surface area contributed by atoms with Crippen molar-refractivity contribution in [2.45, 2.75) is 25.6 Å². The largest absolute Gasteiger partial charge is 0.447 e. The highest BCUT2D eigenvalue weighted by molar-refractivity contribution is 7.89. The van der Waals surface area contributed by atoms with Crippen LogP contribution >= 0.6 is 0 Å². The van der Waals surface area contributed by atoms with Crippen LogP contribution in [0.1, 0.15) is 13.8 Å². The Kier molecular flexibility index (Phi) is 6.45. The van der Waals surface area contributed by atoms with Crippen molar-refractivity contribution in [2.75, 3.05) is 14.1 Å². The Morgan fingerprint density at radius 1 is 1.24 bits per heavy atom. The fourth-order valence-corrected chi connectivity index (χ4v) is 2.10. The van der Waals surface area contributed by atoms with E-state index in [0.717, 1.165) is 4.31 Å². The van der Waals surface area contributed by atoms with Crippen LogP contribution in [0.25, 0.3) is 0 Å². The van der Waals surface area contributed by atoms with Crippen molar-refractivity contribution in [1.29, 1.82) is 0 Å². The SMILES string of the molecule is CB(O)c1cccc(S(=O)(=O)N(C)C)c1.CC. The van der Waals surface area contributed by atoms with Gasteiger partial charge in [-0.05, 0) is 17.6 Å². The van der Waals surface area contributed by atoms with Gasteiger partial charge in [0.2, 0.25) is 10.0 Å². The highest BCUT2D eigenvalue weighted by Crippen LogP contribution is 2.10. The highest BCUT2D eigenvalue weighted by Gasteiger charge is 2.18. The van der Waals surface area contributed by atoms with Gasteiger partial charge in [0.25, 0.3) is 0 Å². The molecule has 1 aromatic carbocycles. The van der Waals surface area contributed by atoms with E-state index >= 15 is 0 Å². The molecule has 1 N–H and O–H groups in total. The van der Waals surface area contributed by atoms with E-state index in [2.05, 4.69) is 0 Å². The minimum Gasteiger partial charge on any atom is -0.447 e. The molecule has 0 aromatic heterocycles. The maximum Gasteiger partial charge on any atom is 0.320 e. The Bertz CT molecular complexity index is 444. The maximum atomic E-state index is 11.8. The fraction of sp³-hybridized carbons (Fsp3) is 0.455. The first-order chi connectivity index (χ1) is 7.85. The van der Waals surface area contributed by atoms with E-state index in [1.54, 1.807) is 19.0 Å². The smallest absolute Gasteiger partial charge is 0.320 e. The number of sulfonamides is 1. The van der Waals surface area contributed by atoms with Crippen molar-refractivity contribution in [2.24, 2.45) is 0 Å². The molecule has 0 aliphatic carbocycles. The van der Waals surface area contributed by atoms with Crippen molar-refractivity contribution in [3.05, 3.63) is 24.3 Å². The summed E-state index contributed by atoms with van der Waals surface area (Å²) in [5, 5.41) is 9.34. The van der Waals surface area contributed by atoms with E-state index in [0.29, 0.717) is 5.46 Å². The van der Waals surface area contributed by atoms with Crippen molar-refractivity contribution in [3.63, 3.8) is 0 Å². The molecule has 96 valence electrons. The predicted molar refractivity (Wildman–Crippen MR) is 72.1 cm³/mol. The van der Waals surface area contributed by atoms with Crippen molar-refractivity contribution in [1.82, 2.24) is 4.31 Å². The van der Waals surface area contributed by atoms with Gasteiger partial charge < -0.3 is 5.02 Å². The molecule has 0 bridgehead atoms. The summed E-state index contributed by atoms with van der Waals surface area (Å²) in [5.41, 5.74) is 0.595. The van der Waals surface area contributed by atoms with Crippen LogP contribution in [0.3, 0.4) is 0 Å². The summed E-state index contributed by atoms with van der Waals surface area (Å²) in [6.07, 6.45) is 0. The summed E-state index contributed by atoms with van der Waals surface area (Å²) in [4.78, 5) is 0.200. The van der Waals surface area contributed by atoms with Crippen molar-refractivity contribution >= 4 is 22.4 Å². The quantitative estimate of drug-likeness (QED) is 0.814. The maximum absolute atomic E-state index is 11.8. The monoisotopic (exact) mass is 257 g/mol. The van der Waals surface area contributed by atoms with Gasteiger partial charge in [-0.1, -0.05) is 32.8 Å². The molecular formula is C11H20BNO3S. The minimum atomic E-state index is -3.41. The molecule has 0 saturated heterocycles. The van der Waals surface area contributed by atoms with Crippen LogP contribution in [-0.4, -0.2) is 38.8 Å². The zero-order valence-corrected chi connectivity index (χ0v) is 11.8. The molecule has 4 nitrogen and oxygen atoms in total. The van der Waals surface area contributed by atoms with Crippen LogP contribution in [0.5, 0.6) is 0 Å². The molecule has 0 heterocycles. The lowest BCUT2D eigenvalue weighted by atomic mass is 9.64. The van der Waals surface area contributed by atoms with Gasteiger partial charge in [-0.2, -0.15) is 0 Å². The molecule has 0 aliphatic heterocycles. The molecule has 0 unspecified atom stereocenters. The van der Waals surface area contributed by atoms with Gasteiger partial charge in [0.1, 0.15) is 0 Å². The zero-order chi connectivity index (χ0) is 13.6. The Labute approximate surface area is 104 Å². The van der Waals surface area contributed by atoms with Crippen LogP contribution in [0.2, 0.25) is 6.82 Å². The third-order valence-electron chi connectivity index (χ3n) is 2.12. The Morgan fingerprint density at radius 3 is 2.18 bits per heavy atom. The first kappa shape index (κ1) is 16.2. The Hall–Kier alpha value is -0.845. The molecule has 1 rings (SSSR count). The molecule has 0 radical (unpaired) electrons. The summed E-state index contributed by atoms with van der Waals surface area (Å²) in [5.74, 6) is 0. The first-order valence-electron chi connectivity index (χ1n) is 5.56. The summed E-state index contributed by atoms with van der Waals surface area (Å²) in [6.45, 7) is 4.93. The topological polar surface area (TPSA) is 57.6 Å². The number of hydrogen-bond donors (Lipinski definition) is 1. The van der Waals surface area contributed by atoms with Crippen molar-refractivity contribution in [3.8, 4) is 0 Å². The van der Waals surface area contributed by atoms with Crippen LogP contribution in [0, 0.1) is 0 Å². The van der Waals surface area contributed by atoms with Gasteiger partial charge in [0.05, 0.1) is 4.90 Å². The third kappa shape index (κ3) is 4.14. The molecule has 0 spiro atoms. The molecule has 0 atom stereocenters. The van der Waals surface area contributed by atoms with Gasteiger partial charge in [-0.25, -0.2) is 12.7 Å². The molecule has 17 heavy (non-hydrogen) atoms. The number of hydrogen-bond acceptors (Lipinski definition) is 3. The lowest BCUT2D eigenvalue weighted by Crippen LogP contribution is -2.28. The van der Waals surface area contributed by atoms with Gasteiger partial charge in [0, 0.05) is 14.1 Å². The summed E-state index contributed by atoms with van der Waals surface area (Å²) >= 11 is 0. The van der Waals surface area contributed by atoms with Gasteiger partial charge in [-0.3, -0.25) is 0 Å². The standard InChI is InChI=1S/C9H14BNO3S.C2H6/c1-10(12)8-5-4-6-9(7-8)15(13,14)11(2)3;1-2/h4-7,12H,1-3H3;1-2H3. The average molecular weight is 257 g/mol. The Morgan fingerprint density at radius 2 is 1.76 bits per heavy atom. The van der Waals surface area contributed by atoms with Crippen molar-refractivity contribution < 1.29 is 13.4 Å². The summed E-state index contributed by atoms with van der Waals surface area (Å²) in [7, 11) is -0.458. The number of rotatable bonds is 3. The highest BCUT2D eigenvalue weighted by atomic mass is 32.2. The van der Waals surface area contributed by atoms with E-state index in [4.69, 9.17) is 0 Å². The molecule has 1 aromatic rings. The molecule has 6 heteroatoms. The van der Waals surface area contributed by atoms with E-state index in [-0.39, 0.29) is 4.90 Å². The van der Waals surface area contributed by atoms with Gasteiger partial charge >= 0.3 is 6.92 Å². The molecular weight excluding hydrogens is 237 g/mol. The van der Waals surface area contributed by atoms with E-state index in [9.17, 15) is 13.4 Å². The number of nitrogens with zero attached hydrogens (tertiary/aromatic N) is 1. The molecule has 0 fully saturated rings. The fourth-order valence-electron chi connectivity index (χ4n) is 1.15. The number of benzene rings is 1. The normalized spacial score (nSPS) is 10.8. The Balaban J connectivity index is 0.00000121. The second-order valence-corrected chi connectivity index (χ2v) is 5.69. The molecule has 0 aliphatic rings. The van der Waals surface area contributed by atoms with E-state index < -0.39 is 16.9 Å². The van der Waals surface area contributed by atoms with Crippen LogP contribution in [0.4, 0.5) is 0 Å². The van der Waals surface area contributed by atoms with E-state index in [1.807, 2.05) is 13.8 Å².